The van der Waals surface area contributed by atoms with Crippen LogP contribution in [-0.4, -0.2) is 80.8 Å². The van der Waals surface area contributed by atoms with Gasteiger partial charge in [0.1, 0.15) is 0 Å². The lowest BCUT2D eigenvalue weighted by Crippen LogP contribution is -2.48. The van der Waals surface area contributed by atoms with Crippen molar-refractivity contribution in [3.05, 3.63) is 51.7 Å². The number of aromatic nitrogens is 2. The number of benzene rings is 1. The predicted octanol–water partition coefficient (Wildman–Crippen LogP) is 2.66. The first kappa shape index (κ1) is 24.8. The van der Waals surface area contributed by atoms with Crippen LogP contribution in [-0.2, 0) is 17.8 Å². The molecule has 35 heavy (non-hydrogen) atoms. The molecule has 0 bridgehead atoms. The number of aryl methyl sites for hydroxylation is 1. The molecule has 2 amide bonds. The number of carbonyl (C=O) groups is 2. The van der Waals surface area contributed by atoms with Crippen LogP contribution in [0.2, 0.25) is 0 Å². The van der Waals surface area contributed by atoms with E-state index in [-0.39, 0.29) is 17.5 Å². The van der Waals surface area contributed by atoms with E-state index in [1.807, 2.05) is 11.9 Å². The van der Waals surface area contributed by atoms with Gasteiger partial charge in [0.25, 0.3) is 11.6 Å². The molecule has 0 atom stereocenters. The molecule has 0 unspecified atom stereocenters. The average molecular weight is 485 g/mol. The first-order valence-electron chi connectivity index (χ1n) is 12.2. The lowest BCUT2D eigenvalue weighted by Gasteiger charge is -2.34. The summed E-state index contributed by atoms with van der Waals surface area (Å²) in [5.41, 5.74) is 0.405. The van der Waals surface area contributed by atoms with Crippen LogP contribution in [0.4, 0.5) is 5.69 Å². The first-order chi connectivity index (χ1) is 16.9. The van der Waals surface area contributed by atoms with Crippen molar-refractivity contribution in [2.75, 3.05) is 33.2 Å². The van der Waals surface area contributed by atoms with Crippen molar-refractivity contribution in [3.8, 4) is 0 Å². The number of carbonyl (C=O) groups excluding carboxylic acids is 2. The van der Waals surface area contributed by atoms with Gasteiger partial charge >= 0.3 is 0 Å². The van der Waals surface area contributed by atoms with Crippen LogP contribution in [0.25, 0.3) is 0 Å². The van der Waals surface area contributed by atoms with E-state index >= 15 is 0 Å². The van der Waals surface area contributed by atoms with E-state index in [1.54, 1.807) is 4.90 Å². The van der Waals surface area contributed by atoms with E-state index in [0.29, 0.717) is 68.9 Å². The summed E-state index contributed by atoms with van der Waals surface area (Å²) < 4.78 is 5.35. The predicted molar refractivity (Wildman–Crippen MR) is 127 cm³/mol. The molecule has 188 valence electrons. The van der Waals surface area contributed by atoms with Crippen LogP contribution in [0.15, 0.2) is 28.8 Å². The molecule has 0 spiro atoms. The number of rotatable bonds is 8. The lowest BCUT2D eigenvalue weighted by atomic mass is 9.94. The standard InChI is InChI=1S/C24H32N6O5/c1-27(19-5-3-2-4-6-19)23(31)12-11-22-25-21(26-35-22)17-28-13-15-29(16-14-28)24(32)18-7-9-20(10-8-18)30(33)34/h7-10,19H,2-6,11-17H2,1H3. The maximum absolute atomic E-state index is 12.7. The van der Waals surface area contributed by atoms with Crippen LogP contribution in [0.3, 0.4) is 0 Å². The largest absolute Gasteiger partial charge is 0.343 e. The Morgan fingerprint density at radius 2 is 1.80 bits per heavy atom. The Kier molecular flexibility index (Phi) is 8.06. The van der Waals surface area contributed by atoms with Crippen LogP contribution in [0, 0.1) is 10.1 Å². The Morgan fingerprint density at radius 3 is 2.46 bits per heavy atom. The molecule has 0 N–H and O–H groups in total. The molecular formula is C24H32N6O5. The van der Waals surface area contributed by atoms with Crippen LogP contribution in [0.1, 0.15) is 60.6 Å². The average Bonchev–Trinajstić information content (AvgIpc) is 3.34. The molecule has 1 saturated heterocycles. The third kappa shape index (κ3) is 6.41. The fraction of sp³-hybridized carbons (Fsp3) is 0.583. The van der Waals surface area contributed by atoms with Gasteiger partial charge in [-0.15, -0.1) is 0 Å². The van der Waals surface area contributed by atoms with Gasteiger partial charge in [0.15, 0.2) is 5.82 Å². The molecular weight excluding hydrogens is 452 g/mol. The molecule has 11 heteroatoms. The fourth-order valence-electron chi connectivity index (χ4n) is 4.74. The minimum Gasteiger partial charge on any atom is -0.343 e. The van der Waals surface area contributed by atoms with E-state index in [1.165, 1.54) is 43.5 Å². The zero-order chi connectivity index (χ0) is 24.8. The Balaban J connectivity index is 1.20. The van der Waals surface area contributed by atoms with Gasteiger partial charge in [-0.1, -0.05) is 24.4 Å². The van der Waals surface area contributed by atoms with E-state index in [2.05, 4.69) is 15.0 Å². The van der Waals surface area contributed by atoms with Crippen molar-refractivity contribution in [3.63, 3.8) is 0 Å². The number of amides is 2. The third-order valence-corrected chi connectivity index (χ3v) is 6.93. The van der Waals surface area contributed by atoms with Crippen molar-refractivity contribution < 1.29 is 19.0 Å². The smallest absolute Gasteiger partial charge is 0.269 e. The molecule has 2 aromatic rings. The second kappa shape index (κ2) is 11.4. The van der Waals surface area contributed by atoms with E-state index < -0.39 is 4.92 Å². The van der Waals surface area contributed by atoms with E-state index in [9.17, 15) is 19.7 Å². The first-order valence-corrected chi connectivity index (χ1v) is 12.2. The zero-order valence-electron chi connectivity index (χ0n) is 20.1. The molecule has 1 aromatic heterocycles. The van der Waals surface area contributed by atoms with Crippen molar-refractivity contribution in [1.29, 1.82) is 0 Å². The summed E-state index contributed by atoms with van der Waals surface area (Å²) in [7, 11) is 1.89. The Bertz CT molecular complexity index is 1030. The number of non-ortho nitro benzene ring substituents is 1. The van der Waals surface area contributed by atoms with Crippen molar-refractivity contribution in [2.24, 2.45) is 0 Å². The third-order valence-electron chi connectivity index (χ3n) is 6.93. The molecule has 1 aromatic carbocycles. The van der Waals surface area contributed by atoms with Crippen LogP contribution < -0.4 is 0 Å². The minimum atomic E-state index is -0.482. The number of piperazine rings is 1. The highest BCUT2D eigenvalue weighted by atomic mass is 16.6. The molecule has 0 radical (unpaired) electrons. The molecule has 2 aliphatic rings. The summed E-state index contributed by atoms with van der Waals surface area (Å²) in [5, 5.41) is 14.9. The van der Waals surface area contributed by atoms with Gasteiger partial charge < -0.3 is 14.3 Å². The van der Waals surface area contributed by atoms with Gasteiger partial charge in [0.2, 0.25) is 11.8 Å². The summed E-state index contributed by atoms with van der Waals surface area (Å²) in [6.45, 7) is 2.92. The molecule has 2 fully saturated rings. The van der Waals surface area contributed by atoms with Crippen molar-refractivity contribution >= 4 is 17.5 Å². The molecule has 2 heterocycles. The lowest BCUT2D eigenvalue weighted by molar-refractivity contribution is -0.384. The van der Waals surface area contributed by atoms with E-state index in [4.69, 9.17) is 4.52 Å². The van der Waals surface area contributed by atoms with Crippen LogP contribution in [0.5, 0.6) is 0 Å². The maximum Gasteiger partial charge on any atom is 0.269 e. The molecule has 4 rings (SSSR count). The Hall–Kier alpha value is -3.34. The monoisotopic (exact) mass is 484 g/mol. The normalized spacial score (nSPS) is 17.3. The van der Waals surface area contributed by atoms with Crippen molar-refractivity contribution in [1.82, 2.24) is 24.8 Å². The fourth-order valence-corrected chi connectivity index (χ4v) is 4.74. The van der Waals surface area contributed by atoms with Gasteiger partial charge in [-0.3, -0.25) is 24.6 Å². The van der Waals surface area contributed by atoms with Gasteiger partial charge in [-0.25, -0.2) is 0 Å². The van der Waals surface area contributed by atoms with Gasteiger partial charge in [-0.2, -0.15) is 4.98 Å². The quantitative estimate of drug-likeness (QED) is 0.413. The second-order valence-electron chi connectivity index (χ2n) is 9.27. The Labute approximate surface area is 204 Å². The van der Waals surface area contributed by atoms with Gasteiger partial charge in [0.05, 0.1) is 11.5 Å². The topological polar surface area (TPSA) is 126 Å². The number of nitrogens with zero attached hydrogens (tertiary/aromatic N) is 6. The Morgan fingerprint density at radius 1 is 1.11 bits per heavy atom. The highest BCUT2D eigenvalue weighted by Crippen LogP contribution is 2.22. The van der Waals surface area contributed by atoms with Crippen molar-refractivity contribution in [2.45, 2.75) is 57.5 Å². The summed E-state index contributed by atoms with van der Waals surface area (Å²) in [6.07, 6.45) is 6.59. The number of nitro groups is 1. The van der Waals surface area contributed by atoms with E-state index in [0.717, 1.165) is 12.8 Å². The summed E-state index contributed by atoms with van der Waals surface area (Å²) in [4.78, 5) is 45.8. The summed E-state index contributed by atoms with van der Waals surface area (Å²) >= 11 is 0. The zero-order valence-corrected chi connectivity index (χ0v) is 20.1. The number of nitro benzene ring substituents is 1. The molecule has 11 nitrogen and oxygen atoms in total. The van der Waals surface area contributed by atoms with Crippen LogP contribution >= 0.6 is 0 Å². The summed E-state index contributed by atoms with van der Waals surface area (Å²) in [5.74, 6) is 1.02. The summed E-state index contributed by atoms with van der Waals surface area (Å²) in [6, 6.07) is 6.02. The van der Waals surface area contributed by atoms with Gasteiger partial charge in [-0.05, 0) is 25.0 Å². The maximum atomic E-state index is 12.7. The highest BCUT2D eigenvalue weighted by Gasteiger charge is 2.25. The molecule has 1 aliphatic heterocycles. The van der Waals surface area contributed by atoms with Gasteiger partial charge in [0, 0.05) is 69.8 Å². The number of hydrogen-bond donors (Lipinski definition) is 0. The highest BCUT2D eigenvalue weighted by molar-refractivity contribution is 5.94. The molecule has 1 aliphatic carbocycles. The molecule has 1 saturated carbocycles. The minimum absolute atomic E-state index is 0.0357. The second-order valence-corrected chi connectivity index (χ2v) is 9.27. The number of hydrogen-bond acceptors (Lipinski definition) is 8. The SMILES string of the molecule is CN(C(=O)CCc1nc(CN2CCN(C(=O)c3ccc([N+](=O)[O-])cc3)CC2)no1)C1CCCCC1.